The number of carbonyl (C=O) groups is 3. The van der Waals surface area contributed by atoms with Crippen molar-refractivity contribution in [3.05, 3.63) is 65.5 Å². The molecule has 8 heteroatoms. The topological polar surface area (TPSA) is 88.8 Å². The molecule has 0 bridgehead atoms. The Kier molecular flexibility index (Phi) is 5.40. The lowest BCUT2D eigenvalue weighted by Gasteiger charge is -2.25. The number of hydrogen-bond acceptors (Lipinski definition) is 6. The molecule has 0 radical (unpaired) electrons. The van der Waals surface area contributed by atoms with Gasteiger partial charge in [-0.1, -0.05) is 18.2 Å². The summed E-state index contributed by atoms with van der Waals surface area (Å²) in [6.07, 6.45) is 3.31. The van der Waals surface area contributed by atoms with E-state index in [0.717, 1.165) is 40.5 Å². The molecule has 4 aromatic rings. The fourth-order valence-electron chi connectivity index (χ4n) is 5.73. The highest BCUT2D eigenvalue weighted by Crippen LogP contribution is 2.44. The van der Waals surface area contributed by atoms with Crippen molar-refractivity contribution in [2.75, 3.05) is 13.7 Å². The van der Waals surface area contributed by atoms with Gasteiger partial charge in [0.2, 0.25) is 0 Å². The van der Waals surface area contributed by atoms with E-state index < -0.39 is 11.9 Å². The molecule has 2 aliphatic rings. The summed E-state index contributed by atoms with van der Waals surface area (Å²) >= 11 is 0. The van der Waals surface area contributed by atoms with Crippen LogP contribution in [0, 0.1) is 5.92 Å². The van der Waals surface area contributed by atoms with E-state index in [1.54, 1.807) is 7.11 Å². The average molecular weight is 499 g/mol. The Morgan fingerprint density at radius 2 is 1.84 bits per heavy atom. The first-order valence-corrected chi connectivity index (χ1v) is 12.3. The SMILES string of the molecule is COc1ccc2c(c1)c(C1=C(c3c4n(c5ccccc35)CCC(COC(C)=O)C4)C(=O)OC1=O)cn2C. The maximum Gasteiger partial charge on any atom is 0.347 e. The van der Waals surface area contributed by atoms with Gasteiger partial charge in [-0.2, -0.15) is 0 Å². The van der Waals surface area contributed by atoms with Gasteiger partial charge >= 0.3 is 17.9 Å². The predicted octanol–water partition coefficient (Wildman–Crippen LogP) is 4.26. The molecule has 6 rings (SSSR count). The summed E-state index contributed by atoms with van der Waals surface area (Å²) in [6.45, 7) is 2.44. The molecule has 0 saturated heterocycles. The van der Waals surface area contributed by atoms with Crippen LogP contribution in [0.25, 0.3) is 33.0 Å². The van der Waals surface area contributed by atoms with Gasteiger partial charge in [-0.15, -0.1) is 0 Å². The van der Waals surface area contributed by atoms with Crippen LogP contribution in [-0.2, 0) is 43.9 Å². The van der Waals surface area contributed by atoms with Crippen molar-refractivity contribution < 1.29 is 28.6 Å². The summed E-state index contributed by atoms with van der Waals surface area (Å²) in [5, 5.41) is 1.69. The Morgan fingerprint density at radius 3 is 2.62 bits per heavy atom. The normalized spacial score (nSPS) is 17.4. The Balaban J connectivity index is 1.61. The minimum atomic E-state index is -0.661. The summed E-state index contributed by atoms with van der Waals surface area (Å²) in [5.74, 6) is -0.862. The Bertz CT molecular complexity index is 1650. The monoisotopic (exact) mass is 498 g/mol. The van der Waals surface area contributed by atoms with Crippen LogP contribution in [0.2, 0.25) is 0 Å². The van der Waals surface area contributed by atoms with Crippen molar-refractivity contribution in [2.24, 2.45) is 13.0 Å². The molecule has 0 spiro atoms. The van der Waals surface area contributed by atoms with Gasteiger partial charge in [0.25, 0.3) is 0 Å². The number of nitrogens with zero attached hydrogens (tertiary/aromatic N) is 2. The van der Waals surface area contributed by atoms with E-state index in [-0.39, 0.29) is 23.0 Å². The fraction of sp³-hybridized carbons (Fsp3) is 0.276. The summed E-state index contributed by atoms with van der Waals surface area (Å²) in [4.78, 5) is 38.0. The summed E-state index contributed by atoms with van der Waals surface area (Å²) in [7, 11) is 3.49. The van der Waals surface area contributed by atoms with Crippen molar-refractivity contribution in [3.63, 3.8) is 0 Å². The summed E-state index contributed by atoms with van der Waals surface area (Å²) in [6, 6.07) is 13.6. The maximum absolute atomic E-state index is 13.3. The molecule has 0 amide bonds. The highest BCUT2D eigenvalue weighted by molar-refractivity contribution is 6.47. The smallest absolute Gasteiger partial charge is 0.347 e. The summed E-state index contributed by atoms with van der Waals surface area (Å²) in [5.41, 5.74) is 4.72. The van der Waals surface area contributed by atoms with Gasteiger partial charge in [0, 0.05) is 71.3 Å². The number of esters is 3. The Labute approximate surface area is 213 Å². The van der Waals surface area contributed by atoms with Crippen LogP contribution in [0.3, 0.4) is 0 Å². The number of aromatic nitrogens is 2. The maximum atomic E-state index is 13.3. The standard InChI is InChI=1S/C29H26N2O6/c1-16(32)36-15-17-10-11-31-23-7-5-4-6-19(23)25(24(31)12-17)27-26(28(33)37-29(27)34)21-14-30(2)22-9-8-18(35-3)13-20(21)22/h4-9,13-14,17H,10-12,15H2,1-3H3. The zero-order valence-corrected chi connectivity index (χ0v) is 20.9. The van der Waals surface area contributed by atoms with Crippen molar-refractivity contribution in [1.82, 2.24) is 9.13 Å². The van der Waals surface area contributed by atoms with Gasteiger partial charge in [-0.3, -0.25) is 4.79 Å². The lowest BCUT2D eigenvalue weighted by Crippen LogP contribution is -2.24. The van der Waals surface area contributed by atoms with Crippen LogP contribution in [0.15, 0.2) is 48.7 Å². The van der Waals surface area contributed by atoms with Crippen LogP contribution in [-0.4, -0.2) is 40.8 Å². The molecule has 2 aromatic heterocycles. The third kappa shape index (κ3) is 3.63. The van der Waals surface area contributed by atoms with Gasteiger partial charge < -0.3 is 23.3 Å². The van der Waals surface area contributed by atoms with Crippen LogP contribution in [0.4, 0.5) is 0 Å². The first-order valence-electron chi connectivity index (χ1n) is 12.3. The van der Waals surface area contributed by atoms with Crippen molar-refractivity contribution >= 4 is 50.9 Å². The minimum Gasteiger partial charge on any atom is -0.497 e. The third-order valence-corrected chi connectivity index (χ3v) is 7.40. The molecule has 8 nitrogen and oxygen atoms in total. The lowest BCUT2D eigenvalue weighted by atomic mass is 9.89. The van der Waals surface area contributed by atoms with Gasteiger partial charge in [0.15, 0.2) is 0 Å². The lowest BCUT2D eigenvalue weighted by molar-refractivity contribution is -0.149. The van der Waals surface area contributed by atoms with Gasteiger partial charge in [0.1, 0.15) is 5.75 Å². The molecule has 4 heterocycles. The molecule has 0 saturated carbocycles. The molecular weight excluding hydrogens is 472 g/mol. The quantitative estimate of drug-likeness (QED) is 0.302. The molecule has 2 aliphatic heterocycles. The molecule has 37 heavy (non-hydrogen) atoms. The zero-order valence-electron chi connectivity index (χ0n) is 20.9. The van der Waals surface area contributed by atoms with E-state index in [0.29, 0.717) is 29.9 Å². The Morgan fingerprint density at radius 1 is 1.05 bits per heavy atom. The van der Waals surface area contributed by atoms with Gasteiger partial charge in [0.05, 0.1) is 24.9 Å². The van der Waals surface area contributed by atoms with Crippen molar-refractivity contribution in [1.29, 1.82) is 0 Å². The number of para-hydroxylation sites is 1. The molecular formula is C29H26N2O6. The number of cyclic esters (lactones) is 2. The van der Waals surface area contributed by atoms with E-state index in [2.05, 4.69) is 4.57 Å². The average Bonchev–Trinajstić information content (AvgIpc) is 3.49. The molecule has 0 N–H and O–H groups in total. The number of rotatable bonds is 5. The predicted molar refractivity (Wildman–Crippen MR) is 138 cm³/mol. The second-order valence-corrected chi connectivity index (χ2v) is 9.62. The van der Waals surface area contributed by atoms with Crippen LogP contribution < -0.4 is 4.74 Å². The van der Waals surface area contributed by atoms with Crippen molar-refractivity contribution in [2.45, 2.75) is 26.3 Å². The molecule has 2 aromatic carbocycles. The number of benzene rings is 2. The van der Waals surface area contributed by atoms with Crippen LogP contribution in [0.1, 0.15) is 30.2 Å². The van der Waals surface area contributed by atoms with E-state index in [1.165, 1.54) is 6.92 Å². The number of ether oxygens (including phenoxy) is 3. The largest absolute Gasteiger partial charge is 0.497 e. The number of fused-ring (bicyclic) bond motifs is 4. The second kappa shape index (κ2) is 8.65. The molecule has 0 aliphatic carbocycles. The minimum absolute atomic E-state index is 0.110. The molecule has 0 fully saturated rings. The van der Waals surface area contributed by atoms with Crippen LogP contribution >= 0.6 is 0 Å². The highest BCUT2D eigenvalue weighted by atomic mass is 16.6. The second-order valence-electron chi connectivity index (χ2n) is 9.62. The molecule has 1 atom stereocenters. The number of carbonyl (C=O) groups excluding carboxylic acids is 3. The fourth-order valence-corrected chi connectivity index (χ4v) is 5.73. The summed E-state index contributed by atoms with van der Waals surface area (Å²) < 4.78 is 20.1. The van der Waals surface area contributed by atoms with Gasteiger partial charge in [-0.05, 0) is 37.1 Å². The van der Waals surface area contributed by atoms with Gasteiger partial charge in [-0.25, -0.2) is 9.59 Å². The molecule has 1 unspecified atom stereocenters. The zero-order chi connectivity index (χ0) is 25.8. The van der Waals surface area contributed by atoms with Crippen molar-refractivity contribution in [3.8, 4) is 5.75 Å². The Hall–Kier alpha value is -4.33. The van der Waals surface area contributed by atoms with E-state index in [4.69, 9.17) is 14.2 Å². The first kappa shape index (κ1) is 23.1. The number of methoxy groups -OCH3 is 1. The molecule has 188 valence electrons. The number of hydrogen-bond donors (Lipinski definition) is 0. The van der Waals surface area contributed by atoms with Crippen LogP contribution in [0.5, 0.6) is 5.75 Å². The van der Waals surface area contributed by atoms with E-state index >= 15 is 0 Å². The third-order valence-electron chi connectivity index (χ3n) is 7.40. The highest BCUT2D eigenvalue weighted by Gasteiger charge is 2.40. The number of aryl methyl sites for hydroxylation is 2. The van der Waals surface area contributed by atoms with E-state index in [9.17, 15) is 14.4 Å². The first-order chi connectivity index (χ1) is 17.9. The van der Waals surface area contributed by atoms with E-state index in [1.807, 2.05) is 60.3 Å².